The number of carbonyl (C=O) groups excluding carboxylic acids is 1. The molecule has 0 radical (unpaired) electrons. The van der Waals surface area contributed by atoms with E-state index >= 15 is 0 Å². The number of carbonyl (C=O) groups is 1. The summed E-state index contributed by atoms with van der Waals surface area (Å²) in [4.78, 5) is 32.8. The summed E-state index contributed by atoms with van der Waals surface area (Å²) >= 11 is 0. The average molecular weight is 383 g/mol. The molecule has 1 N–H and O–H groups in total. The molecular weight excluding hydrogens is 352 g/mol. The van der Waals surface area contributed by atoms with Crippen LogP contribution in [0.2, 0.25) is 0 Å². The molecule has 28 heavy (non-hydrogen) atoms. The zero-order chi connectivity index (χ0) is 19.5. The quantitative estimate of drug-likeness (QED) is 0.883. The average Bonchev–Trinajstić information content (AvgIpc) is 3.15. The van der Waals surface area contributed by atoms with Gasteiger partial charge in [-0.1, -0.05) is 19.8 Å². The summed E-state index contributed by atoms with van der Waals surface area (Å²) in [5.41, 5.74) is 1.25. The summed E-state index contributed by atoms with van der Waals surface area (Å²) in [5.74, 6) is 0.776. The summed E-state index contributed by atoms with van der Waals surface area (Å²) in [7, 11) is 0. The molecule has 3 heterocycles. The van der Waals surface area contributed by atoms with Crippen molar-refractivity contribution < 1.29 is 4.79 Å². The van der Waals surface area contributed by atoms with Gasteiger partial charge in [0.25, 0.3) is 11.5 Å². The fourth-order valence-corrected chi connectivity index (χ4v) is 4.59. The van der Waals surface area contributed by atoms with Crippen molar-refractivity contribution in [1.29, 1.82) is 0 Å². The second-order valence-electron chi connectivity index (χ2n) is 8.02. The van der Waals surface area contributed by atoms with E-state index in [1.165, 1.54) is 19.3 Å². The first-order valence-corrected chi connectivity index (χ1v) is 10.7. The Labute approximate surface area is 165 Å². The Bertz CT molecular complexity index is 921. The number of aryl methyl sites for hydroxylation is 1. The number of aromatic nitrogens is 2. The van der Waals surface area contributed by atoms with Crippen molar-refractivity contribution in [3.63, 3.8) is 0 Å². The van der Waals surface area contributed by atoms with Crippen LogP contribution in [0, 0.1) is 0 Å². The Hall–Kier alpha value is -2.21. The maximum absolute atomic E-state index is 12.9. The van der Waals surface area contributed by atoms with Crippen LogP contribution in [0.25, 0.3) is 10.9 Å². The number of fused-ring (bicyclic) bond motifs is 2. The SMILES string of the molecule is CCN1CCCC1CNC(=O)c1ccc2c(=O)n3c(nc2c1)CCCCCC3. The summed E-state index contributed by atoms with van der Waals surface area (Å²) in [5, 5.41) is 3.68. The van der Waals surface area contributed by atoms with Gasteiger partial charge in [0, 0.05) is 31.1 Å². The molecule has 1 aromatic heterocycles. The van der Waals surface area contributed by atoms with Crippen molar-refractivity contribution in [1.82, 2.24) is 19.8 Å². The first-order valence-electron chi connectivity index (χ1n) is 10.7. The lowest BCUT2D eigenvalue weighted by Crippen LogP contribution is -2.40. The smallest absolute Gasteiger partial charge is 0.261 e. The highest BCUT2D eigenvalue weighted by Crippen LogP contribution is 2.18. The zero-order valence-electron chi connectivity index (χ0n) is 16.7. The Morgan fingerprint density at radius 2 is 2.04 bits per heavy atom. The summed E-state index contributed by atoms with van der Waals surface area (Å²) in [6, 6.07) is 5.72. The van der Waals surface area contributed by atoms with Crippen LogP contribution in [0.15, 0.2) is 23.0 Å². The van der Waals surface area contributed by atoms with E-state index in [0.717, 1.165) is 51.1 Å². The molecule has 0 bridgehead atoms. The van der Waals surface area contributed by atoms with E-state index in [9.17, 15) is 9.59 Å². The van der Waals surface area contributed by atoms with Crippen molar-refractivity contribution in [3.8, 4) is 0 Å². The highest BCUT2D eigenvalue weighted by Gasteiger charge is 2.23. The Kier molecular flexibility index (Phi) is 5.76. The molecule has 1 atom stereocenters. The van der Waals surface area contributed by atoms with Crippen LogP contribution in [0.3, 0.4) is 0 Å². The minimum atomic E-state index is -0.0847. The molecule has 6 nitrogen and oxygen atoms in total. The molecule has 1 saturated heterocycles. The predicted molar refractivity (Wildman–Crippen MR) is 111 cm³/mol. The third-order valence-corrected chi connectivity index (χ3v) is 6.23. The fourth-order valence-electron chi connectivity index (χ4n) is 4.59. The summed E-state index contributed by atoms with van der Waals surface area (Å²) in [6.07, 6.45) is 7.60. The second kappa shape index (κ2) is 8.43. The number of nitrogens with zero attached hydrogens (tertiary/aromatic N) is 3. The Balaban J connectivity index is 1.56. The van der Waals surface area contributed by atoms with Gasteiger partial charge < -0.3 is 5.32 Å². The summed E-state index contributed by atoms with van der Waals surface area (Å²) in [6.45, 7) is 5.72. The molecule has 2 aliphatic heterocycles. The van der Waals surface area contributed by atoms with E-state index in [1.54, 1.807) is 18.2 Å². The van der Waals surface area contributed by atoms with Crippen LogP contribution in [0.1, 0.15) is 61.6 Å². The summed E-state index contributed by atoms with van der Waals surface area (Å²) < 4.78 is 1.83. The number of nitrogens with one attached hydrogen (secondary N) is 1. The Morgan fingerprint density at radius 3 is 2.89 bits per heavy atom. The first kappa shape index (κ1) is 19.1. The topological polar surface area (TPSA) is 67.2 Å². The van der Waals surface area contributed by atoms with Crippen LogP contribution in [-0.2, 0) is 13.0 Å². The van der Waals surface area contributed by atoms with Gasteiger partial charge in [-0.05, 0) is 57.0 Å². The standard InChI is InChI=1S/C22H30N4O2/c1-2-25-12-7-8-17(25)15-23-21(27)16-10-11-18-19(14-16)24-20-9-5-3-4-6-13-26(20)22(18)28/h10-11,14,17H,2-9,12-13,15H2,1H3,(H,23,27). The maximum Gasteiger partial charge on any atom is 0.261 e. The highest BCUT2D eigenvalue weighted by atomic mass is 16.1. The number of likely N-dealkylation sites (N-methyl/N-ethyl adjacent to an activating group) is 1. The first-order chi connectivity index (χ1) is 13.7. The van der Waals surface area contributed by atoms with Gasteiger partial charge in [0.15, 0.2) is 0 Å². The van der Waals surface area contributed by atoms with E-state index in [4.69, 9.17) is 4.98 Å². The second-order valence-corrected chi connectivity index (χ2v) is 8.02. The molecule has 1 amide bonds. The van der Waals surface area contributed by atoms with Crippen LogP contribution in [-0.4, -0.2) is 46.0 Å². The Morgan fingerprint density at radius 1 is 1.18 bits per heavy atom. The highest BCUT2D eigenvalue weighted by molar-refractivity contribution is 5.97. The number of amides is 1. The van der Waals surface area contributed by atoms with Gasteiger partial charge in [-0.25, -0.2) is 4.98 Å². The molecule has 1 fully saturated rings. The molecule has 1 unspecified atom stereocenters. The number of benzene rings is 1. The van der Waals surface area contributed by atoms with Gasteiger partial charge in [-0.3, -0.25) is 19.1 Å². The van der Waals surface area contributed by atoms with E-state index in [1.807, 2.05) is 4.57 Å². The van der Waals surface area contributed by atoms with Gasteiger partial charge in [0.05, 0.1) is 10.9 Å². The van der Waals surface area contributed by atoms with Gasteiger partial charge in [0.1, 0.15) is 5.82 Å². The molecule has 6 heteroatoms. The van der Waals surface area contributed by atoms with E-state index in [-0.39, 0.29) is 11.5 Å². The number of likely N-dealkylation sites (tertiary alicyclic amines) is 1. The third kappa shape index (κ3) is 3.83. The van der Waals surface area contributed by atoms with Gasteiger partial charge >= 0.3 is 0 Å². The van der Waals surface area contributed by atoms with Gasteiger partial charge in [0.2, 0.25) is 0 Å². The van der Waals surface area contributed by atoms with Crippen molar-refractivity contribution in [2.75, 3.05) is 19.6 Å². The number of rotatable bonds is 4. The predicted octanol–water partition coefficient (Wildman–Crippen LogP) is 2.73. The maximum atomic E-state index is 12.9. The number of hydrogen-bond acceptors (Lipinski definition) is 4. The van der Waals surface area contributed by atoms with Crippen molar-refractivity contribution in [2.24, 2.45) is 0 Å². The van der Waals surface area contributed by atoms with Crippen molar-refractivity contribution >= 4 is 16.8 Å². The van der Waals surface area contributed by atoms with Crippen LogP contribution < -0.4 is 10.9 Å². The molecule has 2 aliphatic rings. The molecule has 4 rings (SSSR count). The molecule has 150 valence electrons. The minimum Gasteiger partial charge on any atom is -0.350 e. The number of hydrogen-bond donors (Lipinski definition) is 1. The van der Waals surface area contributed by atoms with E-state index < -0.39 is 0 Å². The van der Waals surface area contributed by atoms with Crippen LogP contribution in [0.5, 0.6) is 0 Å². The minimum absolute atomic E-state index is 0.0263. The van der Waals surface area contributed by atoms with Crippen LogP contribution in [0.4, 0.5) is 0 Å². The van der Waals surface area contributed by atoms with Crippen molar-refractivity contribution in [3.05, 3.63) is 39.9 Å². The van der Waals surface area contributed by atoms with E-state index in [0.29, 0.717) is 29.1 Å². The normalized spacial score (nSPS) is 20.5. The van der Waals surface area contributed by atoms with Gasteiger partial charge in [-0.2, -0.15) is 0 Å². The van der Waals surface area contributed by atoms with Crippen molar-refractivity contribution in [2.45, 2.75) is 64.5 Å². The monoisotopic (exact) mass is 382 g/mol. The third-order valence-electron chi connectivity index (χ3n) is 6.23. The van der Waals surface area contributed by atoms with Crippen LogP contribution >= 0.6 is 0 Å². The van der Waals surface area contributed by atoms with E-state index in [2.05, 4.69) is 17.1 Å². The molecule has 0 saturated carbocycles. The molecule has 0 aliphatic carbocycles. The molecule has 2 aromatic rings. The lowest BCUT2D eigenvalue weighted by molar-refractivity contribution is 0.0941. The molecular formula is C22H30N4O2. The largest absolute Gasteiger partial charge is 0.350 e. The van der Waals surface area contributed by atoms with Gasteiger partial charge in [-0.15, -0.1) is 0 Å². The molecule has 1 aromatic carbocycles. The fraction of sp³-hybridized carbons (Fsp3) is 0.591. The lowest BCUT2D eigenvalue weighted by Gasteiger charge is -2.22. The zero-order valence-corrected chi connectivity index (χ0v) is 16.7. The lowest BCUT2D eigenvalue weighted by atomic mass is 10.1. The molecule has 0 spiro atoms.